The Bertz CT molecular complexity index is 2310. The van der Waals surface area contributed by atoms with E-state index in [1.165, 1.54) is 80.3 Å². The molecule has 0 saturated heterocycles. The van der Waals surface area contributed by atoms with E-state index in [2.05, 4.69) is 127 Å². The number of nitrogens with zero attached hydrogens (tertiary/aromatic N) is 1. The van der Waals surface area contributed by atoms with Crippen LogP contribution in [0, 0.1) is 6.92 Å². The number of fused-ring (bicyclic) bond motifs is 10. The fourth-order valence-electron chi connectivity index (χ4n) is 6.45. The first-order valence-electron chi connectivity index (χ1n) is 13.3. The van der Waals surface area contributed by atoms with Gasteiger partial charge in [-0.25, -0.2) is 0 Å². The highest BCUT2D eigenvalue weighted by Gasteiger charge is 2.18. The van der Waals surface area contributed by atoms with Gasteiger partial charge in [-0.05, 0) is 76.0 Å². The topological polar surface area (TPSA) is 4.93 Å². The molecule has 0 aliphatic heterocycles. The lowest BCUT2D eigenvalue weighted by Gasteiger charge is -2.15. The van der Waals surface area contributed by atoms with Crippen LogP contribution in [0.5, 0.6) is 0 Å². The molecule has 0 fully saturated rings. The summed E-state index contributed by atoms with van der Waals surface area (Å²) < 4.78 is 5.12. The van der Waals surface area contributed by atoms with Gasteiger partial charge in [-0.1, -0.05) is 91.5 Å². The second kappa shape index (κ2) is 8.42. The molecule has 0 aliphatic carbocycles. The summed E-state index contributed by atoms with van der Waals surface area (Å²) in [6.45, 7) is 6.12. The third kappa shape index (κ3) is 3.13. The highest BCUT2D eigenvalue weighted by atomic mass is 32.1. The van der Waals surface area contributed by atoms with Crippen molar-refractivity contribution in [2.75, 3.05) is 0 Å². The highest BCUT2D eigenvalue weighted by Crippen LogP contribution is 2.44. The highest BCUT2D eigenvalue weighted by molar-refractivity contribution is 7.26. The van der Waals surface area contributed by atoms with Crippen LogP contribution in [0.25, 0.3) is 75.3 Å². The van der Waals surface area contributed by atoms with Crippen molar-refractivity contribution in [2.45, 2.75) is 6.92 Å². The third-order valence-corrected chi connectivity index (χ3v) is 9.29. The van der Waals surface area contributed by atoms with Gasteiger partial charge in [-0.2, -0.15) is 0 Å². The van der Waals surface area contributed by atoms with Gasteiger partial charge in [0.2, 0.25) is 0 Å². The van der Waals surface area contributed by atoms with E-state index < -0.39 is 0 Å². The summed E-state index contributed by atoms with van der Waals surface area (Å²) in [5, 5.41) is 10.4. The molecule has 0 spiro atoms. The SMILES string of the molecule is C=C/C=C\c1c(C)c2ccccc2c2cc(-n3c4ccccc4c4c5c(ccc43)sc3ccccc35)ccc12. The van der Waals surface area contributed by atoms with Crippen molar-refractivity contribution in [1.29, 1.82) is 0 Å². The fraction of sp³-hybridized carbons (Fsp3) is 0.0270. The smallest absolute Gasteiger partial charge is 0.0548 e. The van der Waals surface area contributed by atoms with Crippen LogP contribution in [-0.4, -0.2) is 4.57 Å². The van der Waals surface area contributed by atoms with E-state index in [0.717, 1.165) is 0 Å². The predicted octanol–water partition coefficient (Wildman–Crippen LogP) is 11.0. The van der Waals surface area contributed by atoms with Crippen LogP contribution in [-0.2, 0) is 0 Å². The molecule has 0 atom stereocenters. The molecule has 6 aromatic carbocycles. The first-order valence-corrected chi connectivity index (χ1v) is 14.1. The van der Waals surface area contributed by atoms with E-state index in [0.29, 0.717) is 0 Å². The Morgan fingerprint density at radius 3 is 2.21 bits per heavy atom. The standard InChI is InChI=1S/C37H25NS/c1-3-4-11-25-23(2)26-12-5-6-13-27(26)31-22-24(18-19-28(25)31)38-32-16-9-7-14-29(32)36-33(38)20-21-35-37(36)30-15-8-10-17-34(30)39-35/h3-22H,1H2,2H3/b11-4-. The van der Waals surface area contributed by atoms with Gasteiger partial charge in [0.15, 0.2) is 0 Å². The molecular formula is C37H25NS. The number of thiophene rings is 1. The Morgan fingerprint density at radius 2 is 1.36 bits per heavy atom. The van der Waals surface area contributed by atoms with Crippen LogP contribution in [0.2, 0.25) is 0 Å². The molecule has 8 rings (SSSR count). The van der Waals surface area contributed by atoms with Gasteiger partial charge in [0.05, 0.1) is 11.0 Å². The quantitative estimate of drug-likeness (QED) is 0.163. The molecule has 2 heteroatoms. The molecule has 0 amide bonds. The zero-order valence-electron chi connectivity index (χ0n) is 21.6. The first kappa shape index (κ1) is 22.3. The van der Waals surface area contributed by atoms with Crippen LogP contribution >= 0.6 is 11.3 Å². The Labute approximate surface area is 230 Å². The van der Waals surface area contributed by atoms with Crippen molar-refractivity contribution in [3.63, 3.8) is 0 Å². The summed E-state index contributed by atoms with van der Waals surface area (Å²) in [5.74, 6) is 0. The Morgan fingerprint density at radius 1 is 0.615 bits per heavy atom. The minimum atomic E-state index is 1.18. The molecule has 1 nitrogen and oxygen atoms in total. The summed E-state index contributed by atoms with van der Waals surface area (Å²) >= 11 is 1.88. The van der Waals surface area contributed by atoms with Gasteiger partial charge in [0.1, 0.15) is 0 Å². The maximum absolute atomic E-state index is 3.90. The van der Waals surface area contributed by atoms with E-state index in [1.807, 2.05) is 23.5 Å². The monoisotopic (exact) mass is 515 g/mol. The lowest BCUT2D eigenvalue weighted by atomic mass is 9.91. The van der Waals surface area contributed by atoms with Crippen molar-refractivity contribution < 1.29 is 0 Å². The van der Waals surface area contributed by atoms with Crippen LogP contribution in [0.3, 0.4) is 0 Å². The maximum atomic E-state index is 3.90. The number of rotatable bonds is 3. The molecule has 0 saturated carbocycles. The molecule has 39 heavy (non-hydrogen) atoms. The van der Waals surface area contributed by atoms with Gasteiger partial charge in [0.25, 0.3) is 0 Å². The number of hydrogen-bond donors (Lipinski definition) is 0. The summed E-state index contributed by atoms with van der Waals surface area (Å²) in [5.41, 5.74) is 6.21. The molecule has 0 bridgehead atoms. The van der Waals surface area contributed by atoms with Gasteiger partial charge < -0.3 is 4.57 Å². The minimum Gasteiger partial charge on any atom is -0.309 e. The lowest BCUT2D eigenvalue weighted by Crippen LogP contribution is -1.95. The van der Waals surface area contributed by atoms with E-state index >= 15 is 0 Å². The first-order chi connectivity index (χ1) is 19.2. The summed E-state index contributed by atoms with van der Waals surface area (Å²) in [6.07, 6.45) is 6.07. The van der Waals surface area contributed by atoms with Crippen molar-refractivity contribution in [2.24, 2.45) is 0 Å². The molecule has 0 unspecified atom stereocenters. The summed E-state index contributed by atoms with van der Waals surface area (Å²) in [4.78, 5) is 0. The van der Waals surface area contributed by atoms with E-state index in [1.54, 1.807) is 0 Å². The van der Waals surface area contributed by atoms with Crippen LogP contribution in [0.15, 0.2) is 122 Å². The number of para-hydroxylation sites is 1. The second-order valence-electron chi connectivity index (χ2n) is 10.2. The molecule has 184 valence electrons. The zero-order chi connectivity index (χ0) is 26.1. The van der Waals surface area contributed by atoms with Crippen LogP contribution in [0.1, 0.15) is 11.1 Å². The number of hydrogen-bond acceptors (Lipinski definition) is 1. The van der Waals surface area contributed by atoms with Crippen molar-refractivity contribution in [3.05, 3.63) is 133 Å². The molecular weight excluding hydrogens is 490 g/mol. The van der Waals surface area contributed by atoms with Gasteiger partial charge >= 0.3 is 0 Å². The number of allylic oxidation sites excluding steroid dienone is 2. The largest absolute Gasteiger partial charge is 0.309 e. The van der Waals surface area contributed by atoms with Crippen molar-refractivity contribution in [3.8, 4) is 5.69 Å². The number of aromatic nitrogens is 1. The van der Waals surface area contributed by atoms with E-state index in [9.17, 15) is 0 Å². The summed E-state index contributed by atoms with van der Waals surface area (Å²) in [7, 11) is 0. The van der Waals surface area contributed by atoms with Crippen LogP contribution in [0.4, 0.5) is 0 Å². The predicted molar refractivity (Wildman–Crippen MR) is 173 cm³/mol. The Hall–Kier alpha value is -4.66. The number of aryl methyl sites for hydroxylation is 1. The maximum Gasteiger partial charge on any atom is 0.0548 e. The fourth-order valence-corrected chi connectivity index (χ4v) is 7.57. The molecule has 8 aromatic rings. The average molecular weight is 516 g/mol. The molecule has 2 aromatic heterocycles. The molecule has 0 aliphatic rings. The molecule has 0 N–H and O–H groups in total. The van der Waals surface area contributed by atoms with E-state index in [4.69, 9.17) is 0 Å². The van der Waals surface area contributed by atoms with Gasteiger partial charge in [-0.3, -0.25) is 0 Å². The van der Waals surface area contributed by atoms with Gasteiger partial charge in [-0.15, -0.1) is 11.3 Å². The second-order valence-corrected chi connectivity index (χ2v) is 11.3. The van der Waals surface area contributed by atoms with Gasteiger partial charge in [0, 0.05) is 36.6 Å². The number of benzene rings is 6. The normalized spacial score (nSPS) is 12.2. The Kier molecular flexibility index (Phi) is 4.82. The van der Waals surface area contributed by atoms with Crippen LogP contribution < -0.4 is 0 Å². The zero-order valence-corrected chi connectivity index (χ0v) is 22.4. The van der Waals surface area contributed by atoms with Crippen molar-refractivity contribution in [1.82, 2.24) is 4.57 Å². The molecule has 2 heterocycles. The minimum absolute atomic E-state index is 1.18. The Balaban J connectivity index is 1.52. The summed E-state index contributed by atoms with van der Waals surface area (Å²) in [6, 6.07) is 38.0. The average Bonchev–Trinajstić information content (AvgIpc) is 3.52. The molecule has 0 radical (unpaired) electrons. The van der Waals surface area contributed by atoms with E-state index in [-0.39, 0.29) is 0 Å². The lowest BCUT2D eigenvalue weighted by molar-refractivity contribution is 1.19. The third-order valence-electron chi connectivity index (χ3n) is 8.15. The van der Waals surface area contributed by atoms with Crippen molar-refractivity contribution >= 4 is 80.9 Å².